The zero-order valence-corrected chi connectivity index (χ0v) is 30.8. The van der Waals surface area contributed by atoms with Crippen LogP contribution >= 0.6 is 11.6 Å². The van der Waals surface area contributed by atoms with Gasteiger partial charge in [-0.05, 0) is 78.1 Å². The largest absolute Gasteiger partial charge is 0.494 e. The van der Waals surface area contributed by atoms with Crippen LogP contribution in [0.25, 0.3) is 22.2 Å². The van der Waals surface area contributed by atoms with Crippen LogP contribution in [-0.4, -0.2) is 82.6 Å². The number of aliphatic hydroxyl groups is 2. The fourth-order valence-corrected chi connectivity index (χ4v) is 5.72. The van der Waals surface area contributed by atoms with Crippen molar-refractivity contribution < 1.29 is 52.9 Å². The van der Waals surface area contributed by atoms with Crippen molar-refractivity contribution in [1.29, 1.82) is 0 Å². The molecule has 14 nitrogen and oxygen atoms in total. The molecule has 0 spiro atoms. The van der Waals surface area contributed by atoms with Crippen LogP contribution in [0, 0.1) is 5.82 Å². The summed E-state index contributed by atoms with van der Waals surface area (Å²) in [6, 6.07) is 18.5. The molecule has 2 unspecified atom stereocenters. The van der Waals surface area contributed by atoms with E-state index >= 15 is 4.39 Å². The van der Waals surface area contributed by atoms with Crippen LogP contribution in [0.1, 0.15) is 36.5 Å². The van der Waals surface area contributed by atoms with Crippen molar-refractivity contribution >= 4 is 34.6 Å². The lowest BCUT2D eigenvalue weighted by Gasteiger charge is -2.18. The smallest absolute Gasteiger partial charge is 0.325 e. The van der Waals surface area contributed by atoms with Gasteiger partial charge in [-0.15, -0.1) is 0 Å². The predicted molar refractivity (Wildman–Crippen MR) is 199 cm³/mol. The molecule has 0 aliphatic carbocycles. The molecule has 16 heteroatoms. The van der Waals surface area contributed by atoms with Gasteiger partial charge in [0.05, 0.1) is 31.5 Å². The van der Waals surface area contributed by atoms with Gasteiger partial charge < -0.3 is 39.6 Å². The van der Waals surface area contributed by atoms with Crippen molar-refractivity contribution in [2.75, 3.05) is 33.0 Å². The lowest BCUT2D eigenvalue weighted by molar-refractivity contribution is -0.146. The Hall–Kier alpha value is -5.32. The quantitative estimate of drug-likeness (QED) is 0.0463. The topological polar surface area (TPSA) is 195 Å². The highest BCUT2D eigenvalue weighted by atomic mass is 35.5. The minimum absolute atomic E-state index is 0.00205. The molecule has 0 radical (unpaired) electrons. The number of rotatable bonds is 22. The summed E-state index contributed by atoms with van der Waals surface area (Å²) in [6.07, 6.45) is 1.37. The third-order valence-electron chi connectivity index (χ3n) is 8.44. The number of hydrogen-bond donors (Lipinski definition) is 5. The molecular weight excluding hydrogens is 739 g/mol. The van der Waals surface area contributed by atoms with Crippen molar-refractivity contribution in [3.05, 3.63) is 100 Å². The second-order valence-corrected chi connectivity index (χ2v) is 12.7. The van der Waals surface area contributed by atoms with Crippen molar-refractivity contribution in [2.45, 2.75) is 51.6 Å². The minimum atomic E-state index is -1.22. The van der Waals surface area contributed by atoms with Crippen molar-refractivity contribution in [2.24, 2.45) is 0 Å². The van der Waals surface area contributed by atoms with Crippen molar-refractivity contribution in [1.82, 2.24) is 20.9 Å². The first-order valence-corrected chi connectivity index (χ1v) is 18.0. The van der Waals surface area contributed by atoms with E-state index in [9.17, 15) is 24.9 Å². The molecule has 5 aromatic rings. The van der Waals surface area contributed by atoms with Crippen LogP contribution in [0.15, 0.2) is 77.4 Å². The van der Waals surface area contributed by atoms with E-state index in [1.807, 2.05) is 0 Å². The van der Waals surface area contributed by atoms with Crippen LogP contribution in [0.5, 0.6) is 17.2 Å². The Morgan fingerprint density at radius 2 is 1.64 bits per heavy atom. The molecular formula is C39H42ClFN4O10. The van der Waals surface area contributed by atoms with Gasteiger partial charge in [0.25, 0.3) is 0 Å². The number of unbranched alkanes of at least 4 members (excludes halogenated alkanes) is 1. The highest BCUT2D eigenvalue weighted by Crippen LogP contribution is 2.35. The van der Waals surface area contributed by atoms with Crippen LogP contribution in [0.3, 0.4) is 0 Å². The summed E-state index contributed by atoms with van der Waals surface area (Å²) in [5.74, 6) is -1.11. The molecule has 0 amide bonds. The monoisotopic (exact) mass is 780 g/mol. The average molecular weight is 781 g/mol. The number of benzene rings is 4. The normalized spacial score (nSPS) is 12.3. The van der Waals surface area contributed by atoms with Gasteiger partial charge in [0.15, 0.2) is 0 Å². The van der Waals surface area contributed by atoms with Gasteiger partial charge >= 0.3 is 11.9 Å². The Balaban J connectivity index is 1.23. The highest BCUT2D eigenvalue weighted by molar-refractivity contribution is 6.32. The maximum absolute atomic E-state index is 16.0. The van der Waals surface area contributed by atoms with Crippen LogP contribution in [-0.2, 0) is 34.1 Å². The van der Waals surface area contributed by atoms with Gasteiger partial charge in [0.2, 0.25) is 0 Å². The number of hydrogen-bond acceptors (Lipinski definition) is 13. The van der Waals surface area contributed by atoms with E-state index in [1.165, 1.54) is 0 Å². The molecule has 0 saturated carbocycles. The number of carboxylic acid groups (broad SMARTS) is 1. The predicted octanol–water partition coefficient (Wildman–Crippen LogP) is 5.05. The van der Waals surface area contributed by atoms with E-state index in [-0.39, 0.29) is 49.3 Å². The summed E-state index contributed by atoms with van der Waals surface area (Å²) < 4.78 is 43.7. The summed E-state index contributed by atoms with van der Waals surface area (Å²) in [5.41, 5.74) is 3.60. The molecule has 0 aliphatic rings. The lowest BCUT2D eigenvalue weighted by Crippen LogP contribution is -2.41. The number of carbonyl (C=O) groups is 2. The third-order valence-corrected chi connectivity index (χ3v) is 8.73. The molecule has 0 saturated heterocycles. The molecule has 55 heavy (non-hydrogen) atoms. The Labute approximate surface area is 321 Å². The molecule has 4 aromatic carbocycles. The Kier molecular flexibility index (Phi) is 15.1. The molecule has 0 aliphatic heterocycles. The molecule has 5 N–H and O–H groups in total. The SMILES string of the molecule is CCOC(=O)C(CO)NCCCCOc1cccc(-c2cccc(COc3cc(OCc4ccc5nonc5c4)c(CNC(CO)C(=O)O)cc3Cl)c2F)c1. The van der Waals surface area contributed by atoms with Crippen LogP contribution < -0.4 is 24.8 Å². The first-order valence-electron chi connectivity index (χ1n) is 17.6. The number of aromatic nitrogens is 2. The zero-order valence-electron chi connectivity index (χ0n) is 30.0. The fraction of sp³-hybridized carbons (Fsp3) is 0.333. The number of fused-ring (bicyclic) bond motifs is 1. The maximum Gasteiger partial charge on any atom is 0.325 e. The molecule has 1 heterocycles. The summed E-state index contributed by atoms with van der Waals surface area (Å²) >= 11 is 6.61. The Morgan fingerprint density at radius 3 is 2.42 bits per heavy atom. The second-order valence-electron chi connectivity index (χ2n) is 12.3. The maximum atomic E-state index is 16.0. The Morgan fingerprint density at radius 1 is 0.855 bits per heavy atom. The molecule has 0 fully saturated rings. The van der Waals surface area contributed by atoms with Crippen molar-refractivity contribution in [3.63, 3.8) is 0 Å². The fourth-order valence-electron chi connectivity index (χ4n) is 5.48. The first kappa shape index (κ1) is 40.9. The number of carbonyl (C=O) groups excluding carboxylic acids is 1. The standard InChI is InChI=1S/C39H42ClFN4O10/c1-2-51-39(50)34(21-47)42-13-3-4-14-52-28-9-5-7-25(16-28)29-10-6-8-26(37(29)41)23-54-36-18-35(27(17-30(36)40)19-43-33(20-46)38(48)49)53-22-24-11-12-31-32(15-24)45-55-44-31/h5-12,15-18,33-34,42-43,46-47H,2-4,13-14,19-23H2,1H3,(H,48,49). The van der Waals surface area contributed by atoms with Crippen LogP contribution in [0.2, 0.25) is 5.02 Å². The number of aliphatic carboxylic acids is 1. The van der Waals surface area contributed by atoms with E-state index < -0.39 is 36.4 Å². The summed E-state index contributed by atoms with van der Waals surface area (Å²) in [4.78, 5) is 23.3. The van der Waals surface area contributed by atoms with E-state index in [0.29, 0.717) is 65.2 Å². The van der Waals surface area contributed by atoms with E-state index in [1.54, 1.807) is 79.7 Å². The van der Waals surface area contributed by atoms with E-state index in [0.717, 1.165) is 5.56 Å². The number of aliphatic hydroxyl groups excluding tert-OH is 2. The van der Waals surface area contributed by atoms with Crippen molar-refractivity contribution in [3.8, 4) is 28.4 Å². The van der Waals surface area contributed by atoms with E-state index in [2.05, 4.69) is 20.9 Å². The van der Waals surface area contributed by atoms with Gasteiger partial charge in [0, 0.05) is 29.3 Å². The van der Waals surface area contributed by atoms with Gasteiger partial charge in [-0.2, -0.15) is 0 Å². The minimum Gasteiger partial charge on any atom is -0.494 e. The molecule has 292 valence electrons. The van der Waals surface area contributed by atoms with E-state index in [4.69, 9.17) is 35.2 Å². The summed E-state index contributed by atoms with van der Waals surface area (Å²) in [7, 11) is 0. The summed E-state index contributed by atoms with van der Waals surface area (Å²) in [6.45, 7) is 1.77. The molecule has 5 rings (SSSR count). The lowest BCUT2D eigenvalue weighted by atomic mass is 10.0. The van der Waals surface area contributed by atoms with Gasteiger partial charge in [-0.25, -0.2) is 9.02 Å². The number of nitrogens with one attached hydrogen (secondary N) is 2. The number of halogens is 2. The number of ether oxygens (including phenoxy) is 4. The molecule has 2 atom stereocenters. The summed E-state index contributed by atoms with van der Waals surface area (Å²) in [5, 5.41) is 41.8. The molecule has 1 aromatic heterocycles. The second kappa shape index (κ2) is 20.4. The average Bonchev–Trinajstić information content (AvgIpc) is 3.66. The highest BCUT2D eigenvalue weighted by Gasteiger charge is 2.20. The van der Waals surface area contributed by atoms with Crippen LogP contribution in [0.4, 0.5) is 4.39 Å². The van der Waals surface area contributed by atoms with Gasteiger partial charge in [-0.1, -0.05) is 48.0 Å². The first-order chi connectivity index (χ1) is 26.7. The Bertz CT molecular complexity index is 2050. The number of esters is 1. The molecule has 0 bridgehead atoms. The van der Waals surface area contributed by atoms with Gasteiger partial charge in [0.1, 0.15) is 59.4 Å². The van der Waals surface area contributed by atoms with Gasteiger partial charge in [-0.3, -0.25) is 14.9 Å². The number of carboxylic acids is 1. The third kappa shape index (κ3) is 11.3. The number of nitrogens with zero attached hydrogens (tertiary/aromatic N) is 2. The zero-order chi connectivity index (χ0) is 39.2.